The van der Waals surface area contributed by atoms with Gasteiger partial charge in [0, 0.05) is 15.4 Å². The molecule has 0 atom stereocenters. The van der Waals surface area contributed by atoms with E-state index in [0.29, 0.717) is 5.58 Å². The Morgan fingerprint density at radius 1 is 1.11 bits per heavy atom. The molecule has 0 unspecified atom stereocenters. The molecule has 0 fully saturated rings. The second-order valence-corrected chi connectivity index (χ2v) is 5.84. The molecule has 0 saturated carbocycles. The SMILES string of the molecule is CSc1c(-c2ccc(Br)cc2)oc2ccc(F)cc12. The predicted molar refractivity (Wildman–Crippen MR) is 81.1 cm³/mol. The average Bonchev–Trinajstić information content (AvgIpc) is 2.77. The first-order chi connectivity index (χ1) is 9.19. The van der Waals surface area contributed by atoms with Crippen LogP contribution in [0.3, 0.4) is 0 Å². The molecule has 0 aliphatic rings. The molecule has 1 aromatic heterocycles. The van der Waals surface area contributed by atoms with Gasteiger partial charge in [-0.3, -0.25) is 0 Å². The Hall–Kier alpha value is -1.26. The maximum Gasteiger partial charge on any atom is 0.148 e. The van der Waals surface area contributed by atoms with Crippen LogP contribution in [0.25, 0.3) is 22.3 Å². The molecule has 0 spiro atoms. The van der Waals surface area contributed by atoms with Gasteiger partial charge in [-0.15, -0.1) is 11.8 Å². The molecule has 0 amide bonds. The number of furan rings is 1. The molecule has 96 valence electrons. The van der Waals surface area contributed by atoms with Crippen molar-refractivity contribution in [3.05, 3.63) is 52.8 Å². The molecule has 1 heterocycles. The Bertz CT molecular complexity index is 734. The minimum Gasteiger partial charge on any atom is -0.455 e. The third-order valence-corrected chi connectivity index (χ3v) is 4.26. The summed E-state index contributed by atoms with van der Waals surface area (Å²) in [5, 5.41) is 0.824. The number of benzene rings is 2. The first-order valence-electron chi connectivity index (χ1n) is 5.71. The quantitative estimate of drug-likeness (QED) is 0.555. The fraction of sp³-hybridized carbons (Fsp3) is 0.0667. The van der Waals surface area contributed by atoms with Gasteiger partial charge in [0.05, 0.1) is 4.90 Å². The fourth-order valence-corrected chi connectivity index (χ4v) is 3.03. The predicted octanol–water partition coefficient (Wildman–Crippen LogP) is 5.72. The summed E-state index contributed by atoms with van der Waals surface area (Å²) in [6, 6.07) is 12.5. The number of fused-ring (bicyclic) bond motifs is 1. The number of rotatable bonds is 2. The maximum absolute atomic E-state index is 13.4. The zero-order valence-corrected chi connectivity index (χ0v) is 12.5. The van der Waals surface area contributed by atoms with E-state index >= 15 is 0 Å². The van der Waals surface area contributed by atoms with Gasteiger partial charge in [-0.2, -0.15) is 0 Å². The van der Waals surface area contributed by atoms with E-state index in [-0.39, 0.29) is 5.82 Å². The first kappa shape index (κ1) is 12.8. The molecule has 0 saturated heterocycles. The topological polar surface area (TPSA) is 13.1 Å². The third kappa shape index (κ3) is 2.30. The molecular weight excluding hydrogens is 327 g/mol. The van der Waals surface area contributed by atoms with Crippen LogP contribution in [0.15, 0.2) is 56.2 Å². The van der Waals surface area contributed by atoms with Crippen LogP contribution < -0.4 is 0 Å². The Morgan fingerprint density at radius 3 is 2.53 bits per heavy atom. The summed E-state index contributed by atoms with van der Waals surface area (Å²) in [4.78, 5) is 0.969. The zero-order valence-electron chi connectivity index (χ0n) is 10.1. The average molecular weight is 337 g/mol. The largest absolute Gasteiger partial charge is 0.455 e. The molecule has 0 radical (unpaired) electrons. The van der Waals surface area contributed by atoms with Gasteiger partial charge in [0.15, 0.2) is 0 Å². The van der Waals surface area contributed by atoms with Crippen LogP contribution in [0.4, 0.5) is 4.39 Å². The van der Waals surface area contributed by atoms with Crippen molar-refractivity contribution in [2.75, 3.05) is 6.26 Å². The zero-order chi connectivity index (χ0) is 13.4. The van der Waals surface area contributed by atoms with Gasteiger partial charge in [0.2, 0.25) is 0 Å². The Morgan fingerprint density at radius 2 is 1.84 bits per heavy atom. The van der Waals surface area contributed by atoms with E-state index in [9.17, 15) is 4.39 Å². The van der Waals surface area contributed by atoms with E-state index in [0.717, 1.165) is 26.1 Å². The summed E-state index contributed by atoms with van der Waals surface area (Å²) in [5.74, 6) is 0.548. The second kappa shape index (κ2) is 5.02. The first-order valence-corrected chi connectivity index (χ1v) is 7.73. The minimum atomic E-state index is -0.244. The normalized spacial score (nSPS) is 11.1. The van der Waals surface area contributed by atoms with Gasteiger partial charge < -0.3 is 4.42 Å². The van der Waals surface area contributed by atoms with E-state index in [1.54, 1.807) is 17.8 Å². The van der Waals surface area contributed by atoms with Crippen LogP contribution in [0, 0.1) is 5.82 Å². The van der Waals surface area contributed by atoms with Crippen molar-refractivity contribution in [3.63, 3.8) is 0 Å². The van der Waals surface area contributed by atoms with Crippen LogP contribution in [0.1, 0.15) is 0 Å². The third-order valence-electron chi connectivity index (χ3n) is 2.92. The fourth-order valence-electron chi connectivity index (χ4n) is 2.04. The molecule has 0 aliphatic carbocycles. The highest BCUT2D eigenvalue weighted by Gasteiger charge is 2.15. The standard InChI is InChI=1S/C15H10BrFOS/c1-19-15-12-8-11(17)6-7-13(12)18-14(15)9-2-4-10(16)5-3-9/h2-8H,1H3. The van der Waals surface area contributed by atoms with Gasteiger partial charge >= 0.3 is 0 Å². The van der Waals surface area contributed by atoms with Gasteiger partial charge in [0.25, 0.3) is 0 Å². The molecule has 0 aliphatic heterocycles. The second-order valence-electron chi connectivity index (χ2n) is 4.11. The molecule has 2 aromatic carbocycles. The Balaban J connectivity index is 2.25. The number of halogens is 2. The molecule has 4 heteroatoms. The summed E-state index contributed by atoms with van der Waals surface area (Å²) in [6.45, 7) is 0. The van der Waals surface area contributed by atoms with Crippen molar-refractivity contribution in [1.82, 2.24) is 0 Å². The van der Waals surface area contributed by atoms with Crippen LogP contribution in [0.5, 0.6) is 0 Å². The number of thioether (sulfide) groups is 1. The van der Waals surface area contributed by atoms with E-state index in [4.69, 9.17) is 4.42 Å². The van der Waals surface area contributed by atoms with Gasteiger partial charge in [-0.25, -0.2) is 4.39 Å². The van der Waals surface area contributed by atoms with E-state index in [2.05, 4.69) is 15.9 Å². The number of hydrogen-bond acceptors (Lipinski definition) is 2. The summed E-state index contributed by atoms with van der Waals surface area (Å²) >= 11 is 4.98. The highest BCUT2D eigenvalue weighted by molar-refractivity contribution is 9.10. The van der Waals surface area contributed by atoms with E-state index in [1.165, 1.54) is 12.1 Å². The molecule has 1 nitrogen and oxygen atoms in total. The van der Waals surface area contributed by atoms with Crippen molar-refractivity contribution in [2.45, 2.75) is 4.90 Å². The van der Waals surface area contributed by atoms with E-state index < -0.39 is 0 Å². The molecule has 3 rings (SSSR count). The monoisotopic (exact) mass is 336 g/mol. The summed E-state index contributed by atoms with van der Waals surface area (Å²) in [6.07, 6.45) is 1.97. The highest BCUT2D eigenvalue weighted by atomic mass is 79.9. The lowest BCUT2D eigenvalue weighted by Gasteiger charge is -2.00. The van der Waals surface area contributed by atoms with Crippen LogP contribution >= 0.6 is 27.7 Å². The van der Waals surface area contributed by atoms with Crippen LogP contribution in [-0.2, 0) is 0 Å². The Labute approximate surface area is 122 Å². The maximum atomic E-state index is 13.4. The van der Waals surface area contributed by atoms with Gasteiger partial charge in [-0.05, 0) is 36.6 Å². The lowest BCUT2D eigenvalue weighted by Crippen LogP contribution is -1.77. The summed E-state index contributed by atoms with van der Waals surface area (Å²) in [7, 11) is 0. The van der Waals surface area contributed by atoms with Crippen molar-refractivity contribution >= 4 is 38.7 Å². The van der Waals surface area contributed by atoms with Gasteiger partial charge in [-0.1, -0.05) is 28.1 Å². The number of hydrogen-bond donors (Lipinski definition) is 0. The lowest BCUT2D eigenvalue weighted by atomic mass is 10.1. The summed E-state index contributed by atoms with van der Waals surface area (Å²) < 4.78 is 20.2. The van der Waals surface area contributed by atoms with Gasteiger partial charge in [0.1, 0.15) is 17.2 Å². The van der Waals surface area contributed by atoms with Crippen LogP contribution in [-0.4, -0.2) is 6.26 Å². The molecule has 19 heavy (non-hydrogen) atoms. The molecule has 0 bridgehead atoms. The van der Waals surface area contributed by atoms with Crippen molar-refractivity contribution in [3.8, 4) is 11.3 Å². The summed E-state index contributed by atoms with van der Waals surface area (Å²) in [5.41, 5.74) is 1.70. The minimum absolute atomic E-state index is 0.244. The van der Waals surface area contributed by atoms with Crippen molar-refractivity contribution < 1.29 is 8.81 Å². The smallest absolute Gasteiger partial charge is 0.148 e. The van der Waals surface area contributed by atoms with E-state index in [1.807, 2.05) is 30.5 Å². The highest BCUT2D eigenvalue weighted by Crippen LogP contribution is 2.39. The van der Waals surface area contributed by atoms with Crippen LogP contribution in [0.2, 0.25) is 0 Å². The lowest BCUT2D eigenvalue weighted by molar-refractivity contribution is 0.616. The van der Waals surface area contributed by atoms with Crippen molar-refractivity contribution in [2.24, 2.45) is 0 Å². The van der Waals surface area contributed by atoms with Crippen molar-refractivity contribution in [1.29, 1.82) is 0 Å². The molecular formula is C15H10BrFOS. The molecule has 0 N–H and O–H groups in total. The Kier molecular flexibility index (Phi) is 3.37. The molecule has 3 aromatic rings.